The van der Waals surface area contributed by atoms with Crippen molar-refractivity contribution in [3.63, 3.8) is 0 Å². The first-order chi connectivity index (χ1) is 13.8. The first kappa shape index (κ1) is 21.5. The summed E-state index contributed by atoms with van der Waals surface area (Å²) in [5.74, 6) is 2.42. The number of nitrogens with one attached hydrogen (secondary N) is 2. The van der Waals surface area contributed by atoms with E-state index in [1.54, 1.807) is 26.8 Å². The van der Waals surface area contributed by atoms with Crippen molar-refractivity contribution >= 4 is 5.96 Å². The predicted octanol–water partition coefficient (Wildman–Crippen LogP) is 2.26. The summed E-state index contributed by atoms with van der Waals surface area (Å²) in [5, 5.41) is 14.3. The fraction of sp³-hybridized carbons (Fsp3) is 0.550. The number of methoxy groups -OCH3 is 1. The Labute approximate surface area is 167 Å². The van der Waals surface area contributed by atoms with Gasteiger partial charge in [-0.1, -0.05) is 6.07 Å². The van der Waals surface area contributed by atoms with Gasteiger partial charge in [-0.25, -0.2) is 0 Å². The van der Waals surface area contributed by atoms with Gasteiger partial charge >= 0.3 is 0 Å². The second-order valence-corrected chi connectivity index (χ2v) is 6.35. The first-order valence-electron chi connectivity index (χ1n) is 9.83. The summed E-state index contributed by atoms with van der Waals surface area (Å²) in [6, 6.07) is 6.11. The van der Waals surface area contributed by atoms with Crippen molar-refractivity contribution in [1.82, 2.24) is 25.4 Å². The second-order valence-electron chi connectivity index (χ2n) is 6.35. The third-order valence-electron chi connectivity index (χ3n) is 4.29. The molecular formula is C20H32N6O2. The molecule has 2 N–H and O–H groups in total. The molecule has 0 bridgehead atoms. The van der Waals surface area contributed by atoms with Crippen LogP contribution in [0.3, 0.4) is 0 Å². The highest BCUT2D eigenvalue weighted by Crippen LogP contribution is 2.28. The minimum absolute atomic E-state index is 0.628. The van der Waals surface area contributed by atoms with Crippen LogP contribution in [0.1, 0.15) is 31.7 Å². The minimum Gasteiger partial charge on any atom is -0.493 e. The van der Waals surface area contributed by atoms with E-state index < -0.39 is 0 Å². The molecule has 0 atom stereocenters. The molecule has 28 heavy (non-hydrogen) atoms. The van der Waals surface area contributed by atoms with Gasteiger partial charge in [0.05, 0.1) is 13.7 Å². The number of rotatable bonds is 12. The van der Waals surface area contributed by atoms with Crippen molar-refractivity contribution in [1.29, 1.82) is 0 Å². The molecule has 0 amide bonds. The maximum atomic E-state index is 5.64. The standard InChI is InChI=1S/C20H32N6O2/c1-4-28-19-14-17(9-10-18(19)27-3)8-7-12-23-20(21-2)22-11-5-6-13-26-15-24-25-16-26/h9-10,14-16H,4-8,11-13H2,1-3H3,(H2,21,22,23). The van der Waals surface area contributed by atoms with Gasteiger partial charge in [0.15, 0.2) is 17.5 Å². The molecule has 0 unspecified atom stereocenters. The van der Waals surface area contributed by atoms with Crippen LogP contribution in [0, 0.1) is 0 Å². The lowest BCUT2D eigenvalue weighted by Crippen LogP contribution is -2.38. The fourth-order valence-corrected chi connectivity index (χ4v) is 2.83. The van der Waals surface area contributed by atoms with Crippen LogP contribution in [-0.4, -0.2) is 54.6 Å². The summed E-state index contributed by atoms with van der Waals surface area (Å²) in [6.45, 7) is 5.28. The average molecular weight is 389 g/mol. The van der Waals surface area contributed by atoms with Crippen LogP contribution in [0.25, 0.3) is 0 Å². The molecule has 0 aliphatic heterocycles. The van der Waals surface area contributed by atoms with Gasteiger partial charge in [0.2, 0.25) is 0 Å². The van der Waals surface area contributed by atoms with Gasteiger partial charge in [-0.3, -0.25) is 4.99 Å². The van der Waals surface area contributed by atoms with Crippen LogP contribution in [0.15, 0.2) is 35.8 Å². The van der Waals surface area contributed by atoms with Crippen LogP contribution in [-0.2, 0) is 13.0 Å². The van der Waals surface area contributed by atoms with Crippen molar-refractivity contribution in [2.75, 3.05) is 33.9 Å². The molecule has 0 spiro atoms. The van der Waals surface area contributed by atoms with Crippen LogP contribution < -0.4 is 20.1 Å². The molecule has 0 fully saturated rings. The molecule has 2 aromatic rings. The Morgan fingerprint density at radius 2 is 1.82 bits per heavy atom. The SMILES string of the molecule is CCOc1cc(CCCNC(=NC)NCCCCn2cnnc2)ccc1OC. The first-order valence-corrected chi connectivity index (χ1v) is 9.83. The normalized spacial score (nSPS) is 11.3. The molecule has 0 aliphatic carbocycles. The number of aromatic nitrogens is 3. The molecule has 1 aromatic heterocycles. The summed E-state index contributed by atoms with van der Waals surface area (Å²) in [7, 11) is 3.46. The van der Waals surface area contributed by atoms with Gasteiger partial charge in [-0.2, -0.15) is 0 Å². The zero-order valence-electron chi connectivity index (χ0n) is 17.1. The molecule has 8 heteroatoms. The number of aryl methyl sites for hydroxylation is 2. The largest absolute Gasteiger partial charge is 0.493 e. The Bertz CT molecular complexity index is 703. The lowest BCUT2D eigenvalue weighted by atomic mass is 10.1. The molecular weight excluding hydrogens is 356 g/mol. The van der Waals surface area contributed by atoms with E-state index in [0.29, 0.717) is 6.61 Å². The van der Waals surface area contributed by atoms with Crippen LogP contribution in [0.4, 0.5) is 0 Å². The predicted molar refractivity (Wildman–Crippen MR) is 111 cm³/mol. The summed E-state index contributed by atoms with van der Waals surface area (Å²) in [6.07, 6.45) is 7.59. The Kier molecular flexibility index (Phi) is 9.68. The van der Waals surface area contributed by atoms with E-state index in [0.717, 1.165) is 62.8 Å². The van der Waals surface area contributed by atoms with Crippen LogP contribution >= 0.6 is 0 Å². The van der Waals surface area contributed by atoms with Gasteiger partial charge in [0.25, 0.3) is 0 Å². The number of guanidine groups is 1. The zero-order valence-corrected chi connectivity index (χ0v) is 17.1. The number of aliphatic imine (C=N–C) groups is 1. The topological polar surface area (TPSA) is 85.6 Å². The molecule has 0 aliphatic rings. The molecule has 154 valence electrons. The van der Waals surface area contributed by atoms with Crippen LogP contribution in [0.5, 0.6) is 11.5 Å². The molecule has 1 aromatic carbocycles. The summed E-state index contributed by atoms with van der Waals surface area (Å²) in [5.41, 5.74) is 1.24. The Hall–Kier alpha value is -2.77. The molecule has 0 saturated carbocycles. The fourth-order valence-electron chi connectivity index (χ4n) is 2.83. The Morgan fingerprint density at radius 3 is 2.50 bits per heavy atom. The van der Waals surface area contributed by atoms with Gasteiger partial charge in [0.1, 0.15) is 12.7 Å². The number of benzene rings is 1. The van der Waals surface area contributed by atoms with E-state index in [4.69, 9.17) is 9.47 Å². The van der Waals surface area contributed by atoms with Crippen LogP contribution in [0.2, 0.25) is 0 Å². The van der Waals surface area contributed by atoms with E-state index in [1.165, 1.54) is 5.56 Å². The smallest absolute Gasteiger partial charge is 0.190 e. The lowest BCUT2D eigenvalue weighted by Gasteiger charge is -2.13. The minimum atomic E-state index is 0.628. The van der Waals surface area contributed by atoms with Gasteiger partial charge in [0, 0.05) is 26.7 Å². The summed E-state index contributed by atoms with van der Waals surface area (Å²) < 4.78 is 13.0. The Morgan fingerprint density at radius 1 is 1.07 bits per heavy atom. The molecule has 8 nitrogen and oxygen atoms in total. The highest BCUT2D eigenvalue weighted by atomic mass is 16.5. The molecule has 0 radical (unpaired) electrons. The highest BCUT2D eigenvalue weighted by molar-refractivity contribution is 5.79. The maximum Gasteiger partial charge on any atom is 0.190 e. The van der Waals surface area contributed by atoms with Gasteiger partial charge in [-0.15, -0.1) is 10.2 Å². The summed E-state index contributed by atoms with van der Waals surface area (Å²) >= 11 is 0. The van der Waals surface area contributed by atoms with E-state index in [1.807, 2.05) is 17.6 Å². The zero-order chi connectivity index (χ0) is 20.0. The number of hydrogen-bond donors (Lipinski definition) is 2. The van der Waals surface area contributed by atoms with Gasteiger partial charge < -0.3 is 24.7 Å². The average Bonchev–Trinajstić information content (AvgIpc) is 3.23. The molecule has 2 rings (SSSR count). The van der Waals surface area contributed by atoms with Crippen molar-refractivity contribution in [3.05, 3.63) is 36.4 Å². The van der Waals surface area contributed by atoms with Gasteiger partial charge in [-0.05, 0) is 50.3 Å². The van der Waals surface area contributed by atoms with E-state index in [9.17, 15) is 0 Å². The highest BCUT2D eigenvalue weighted by Gasteiger charge is 2.05. The van der Waals surface area contributed by atoms with E-state index in [2.05, 4.69) is 38.0 Å². The number of ether oxygens (including phenoxy) is 2. The third kappa shape index (κ3) is 7.46. The number of hydrogen-bond acceptors (Lipinski definition) is 5. The van der Waals surface area contributed by atoms with E-state index >= 15 is 0 Å². The van der Waals surface area contributed by atoms with E-state index in [-0.39, 0.29) is 0 Å². The second kappa shape index (κ2) is 12.6. The number of nitrogens with zero attached hydrogens (tertiary/aromatic N) is 4. The summed E-state index contributed by atoms with van der Waals surface area (Å²) in [4.78, 5) is 4.27. The molecule has 1 heterocycles. The van der Waals surface area contributed by atoms with Crippen molar-refractivity contribution in [2.45, 2.75) is 39.2 Å². The molecule has 0 saturated heterocycles. The Balaban J connectivity index is 1.62. The number of unbranched alkanes of at least 4 members (excludes halogenated alkanes) is 1. The maximum absolute atomic E-state index is 5.64. The van der Waals surface area contributed by atoms with Crippen molar-refractivity contribution in [3.8, 4) is 11.5 Å². The third-order valence-corrected chi connectivity index (χ3v) is 4.29. The lowest BCUT2D eigenvalue weighted by molar-refractivity contribution is 0.310. The monoisotopic (exact) mass is 388 g/mol. The van der Waals surface area contributed by atoms with Crippen molar-refractivity contribution in [2.24, 2.45) is 4.99 Å². The van der Waals surface area contributed by atoms with Crippen molar-refractivity contribution < 1.29 is 9.47 Å². The quantitative estimate of drug-likeness (QED) is 0.330.